The predicted octanol–water partition coefficient (Wildman–Crippen LogP) is 1.73. The highest BCUT2D eigenvalue weighted by Gasteiger charge is 2.12. The molecule has 2 rings (SSSR count). The van der Waals surface area contributed by atoms with Gasteiger partial charge in [-0.05, 0) is 19.4 Å². The maximum Gasteiger partial charge on any atom is 0.138 e. The number of fused-ring (bicyclic) bond motifs is 1. The number of anilines is 1. The van der Waals surface area contributed by atoms with Gasteiger partial charge >= 0.3 is 0 Å². The smallest absolute Gasteiger partial charge is 0.138 e. The van der Waals surface area contributed by atoms with Crippen molar-refractivity contribution in [1.29, 1.82) is 0 Å². The first-order chi connectivity index (χ1) is 8.63. The number of thiophene rings is 1. The molecule has 1 unspecified atom stereocenters. The average Bonchev–Trinajstić information content (AvgIpc) is 2.64. The summed E-state index contributed by atoms with van der Waals surface area (Å²) in [5.41, 5.74) is 1.19. The van der Waals surface area contributed by atoms with Crippen molar-refractivity contribution >= 4 is 27.4 Å². The normalized spacial score (nSPS) is 12.9. The first kappa shape index (κ1) is 13.2. The molecule has 98 valence electrons. The van der Waals surface area contributed by atoms with Crippen molar-refractivity contribution < 1.29 is 9.84 Å². The monoisotopic (exact) mass is 267 g/mol. The third-order valence-electron chi connectivity index (χ3n) is 2.83. The molecular formula is C12H17N3O2S. The summed E-state index contributed by atoms with van der Waals surface area (Å²) in [6.45, 7) is 4.86. The Labute approximate surface area is 110 Å². The lowest BCUT2D eigenvalue weighted by Crippen LogP contribution is -2.24. The van der Waals surface area contributed by atoms with E-state index in [4.69, 9.17) is 4.74 Å². The van der Waals surface area contributed by atoms with Gasteiger partial charge in [0.1, 0.15) is 17.0 Å². The van der Waals surface area contributed by atoms with Crippen molar-refractivity contribution in [2.45, 2.75) is 20.0 Å². The van der Waals surface area contributed by atoms with Crippen molar-refractivity contribution in [2.24, 2.45) is 0 Å². The summed E-state index contributed by atoms with van der Waals surface area (Å²) in [4.78, 5) is 10.7. The van der Waals surface area contributed by atoms with E-state index in [1.807, 2.05) is 0 Å². The minimum absolute atomic E-state index is 0.308. The molecule has 0 aliphatic heterocycles. The zero-order valence-electron chi connectivity index (χ0n) is 10.7. The molecular weight excluding hydrogens is 250 g/mol. The third kappa shape index (κ3) is 2.60. The second-order valence-corrected chi connectivity index (χ2v) is 5.38. The number of aromatic nitrogens is 2. The Morgan fingerprint density at radius 1 is 1.44 bits per heavy atom. The summed E-state index contributed by atoms with van der Waals surface area (Å²) >= 11 is 1.66. The Hall–Kier alpha value is -1.24. The molecule has 0 saturated carbocycles. The van der Waals surface area contributed by atoms with Crippen molar-refractivity contribution in [3.05, 3.63) is 16.8 Å². The molecule has 0 bridgehead atoms. The van der Waals surface area contributed by atoms with Crippen LogP contribution in [0.3, 0.4) is 0 Å². The number of ether oxygens (including phenoxy) is 1. The zero-order chi connectivity index (χ0) is 13.1. The number of rotatable bonds is 5. The van der Waals surface area contributed by atoms with Crippen molar-refractivity contribution in [3.63, 3.8) is 0 Å². The van der Waals surface area contributed by atoms with Crippen LogP contribution in [0.4, 0.5) is 5.82 Å². The fraction of sp³-hybridized carbons (Fsp3) is 0.500. The number of aliphatic hydroxyl groups excluding tert-OH is 1. The molecule has 2 aromatic rings. The van der Waals surface area contributed by atoms with Gasteiger partial charge in [0.2, 0.25) is 0 Å². The fourth-order valence-electron chi connectivity index (χ4n) is 1.78. The number of hydrogen-bond acceptors (Lipinski definition) is 6. The Kier molecular flexibility index (Phi) is 4.11. The molecule has 0 fully saturated rings. The van der Waals surface area contributed by atoms with Crippen LogP contribution in [0.1, 0.15) is 10.4 Å². The Balaban J connectivity index is 2.23. The number of aryl methyl sites for hydroxylation is 2. The summed E-state index contributed by atoms with van der Waals surface area (Å²) in [5, 5.41) is 13.8. The highest BCUT2D eigenvalue weighted by Crippen LogP contribution is 2.32. The predicted molar refractivity (Wildman–Crippen MR) is 73.3 cm³/mol. The van der Waals surface area contributed by atoms with Gasteiger partial charge in [-0.1, -0.05) is 0 Å². The van der Waals surface area contributed by atoms with Crippen molar-refractivity contribution in [3.8, 4) is 0 Å². The first-order valence-electron chi connectivity index (χ1n) is 5.75. The van der Waals surface area contributed by atoms with Gasteiger partial charge in [-0.3, -0.25) is 0 Å². The number of methoxy groups -OCH3 is 1. The topological polar surface area (TPSA) is 67.3 Å². The number of nitrogens with one attached hydrogen (secondary N) is 1. The van der Waals surface area contributed by atoms with Gasteiger partial charge in [0.25, 0.3) is 0 Å². The Morgan fingerprint density at radius 2 is 2.22 bits per heavy atom. The van der Waals surface area contributed by atoms with Crippen LogP contribution in [0.2, 0.25) is 0 Å². The lowest BCUT2D eigenvalue weighted by atomic mass is 10.2. The van der Waals surface area contributed by atoms with Gasteiger partial charge in [-0.25, -0.2) is 9.97 Å². The minimum atomic E-state index is -0.542. The van der Waals surface area contributed by atoms with E-state index in [1.54, 1.807) is 24.8 Å². The van der Waals surface area contributed by atoms with Crippen LogP contribution in [-0.2, 0) is 4.74 Å². The number of hydrogen-bond donors (Lipinski definition) is 2. The standard InChI is InChI=1S/C12H17N3O2S/c1-7-8(2)18-12-10(7)11(14-6-15-12)13-4-9(16)5-17-3/h6,9,16H,4-5H2,1-3H3,(H,13,14,15). The lowest BCUT2D eigenvalue weighted by Gasteiger charge is -2.11. The fourth-order valence-corrected chi connectivity index (χ4v) is 2.78. The van der Waals surface area contributed by atoms with Crippen molar-refractivity contribution in [2.75, 3.05) is 25.6 Å². The zero-order valence-corrected chi connectivity index (χ0v) is 11.5. The van der Waals surface area contributed by atoms with Crippen LogP contribution in [-0.4, -0.2) is 41.4 Å². The molecule has 5 nitrogen and oxygen atoms in total. The number of nitrogens with zero attached hydrogens (tertiary/aromatic N) is 2. The van der Waals surface area contributed by atoms with E-state index in [0.717, 1.165) is 16.0 Å². The molecule has 0 aliphatic rings. The van der Waals surface area contributed by atoms with E-state index in [0.29, 0.717) is 13.2 Å². The van der Waals surface area contributed by atoms with Gasteiger partial charge in [0, 0.05) is 18.5 Å². The molecule has 0 amide bonds. The van der Waals surface area contributed by atoms with Gasteiger partial charge in [0.15, 0.2) is 0 Å². The molecule has 2 heterocycles. The van der Waals surface area contributed by atoms with Crippen LogP contribution in [0, 0.1) is 13.8 Å². The van der Waals surface area contributed by atoms with Crippen LogP contribution < -0.4 is 5.32 Å². The molecule has 0 saturated heterocycles. The van der Waals surface area contributed by atoms with E-state index in [2.05, 4.69) is 29.1 Å². The average molecular weight is 267 g/mol. The van der Waals surface area contributed by atoms with Gasteiger partial charge < -0.3 is 15.2 Å². The lowest BCUT2D eigenvalue weighted by molar-refractivity contribution is 0.0727. The van der Waals surface area contributed by atoms with E-state index < -0.39 is 6.10 Å². The maximum absolute atomic E-state index is 9.63. The molecule has 2 aromatic heterocycles. The number of aliphatic hydroxyl groups is 1. The van der Waals surface area contributed by atoms with E-state index in [1.165, 1.54) is 10.4 Å². The molecule has 6 heteroatoms. The largest absolute Gasteiger partial charge is 0.389 e. The maximum atomic E-state index is 9.63. The SMILES string of the molecule is COCC(O)CNc1ncnc2sc(C)c(C)c12. The second-order valence-electron chi connectivity index (χ2n) is 4.18. The molecule has 2 N–H and O–H groups in total. The van der Waals surface area contributed by atoms with Gasteiger partial charge in [-0.15, -0.1) is 11.3 Å². The second kappa shape index (κ2) is 5.60. The summed E-state index contributed by atoms with van der Waals surface area (Å²) in [6, 6.07) is 0. The van der Waals surface area contributed by atoms with Crippen LogP contribution in [0.25, 0.3) is 10.2 Å². The first-order valence-corrected chi connectivity index (χ1v) is 6.56. The summed E-state index contributed by atoms with van der Waals surface area (Å²) in [7, 11) is 1.57. The molecule has 0 radical (unpaired) electrons. The van der Waals surface area contributed by atoms with E-state index in [-0.39, 0.29) is 0 Å². The molecule has 0 aliphatic carbocycles. The summed E-state index contributed by atoms with van der Waals surface area (Å²) in [5.74, 6) is 0.775. The molecule has 0 aromatic carbocycles. The Bertz CT molecular complexity index is 541. The van der Waals surface area contributed by atoms with E-state index >= 15 is 0 Å². The van der Waals surface area contributed by atoms with Gasteiger partial charge in [-0.2, -0.15) is 0 Å². The van der Waals surface area contributed by atoms with Crippen LogP contribution in [0.5, 0.6) is 0 Å². The minimum Gasteiger partial charge on any atom is -0.389 e. The van der Waals surface area contributed by atoms with E-state index in [9.17, 15) is 5.11 Å². The summed E-state index contributed by atoms with van der Waals surface area (Å²) < 4.78 is 4.89. The highest BCUT2D eigenvalue weighted by atomic mass is 32.1. The molecule has 1 atom stereocenters. The van der Waals surface area contributed by atoms with Crippen molar-refractivity contribution in [1.82, 2.24) is 9.97 Å². The molecule has 18 heavy (non-hydrogen) atoms. The van der Waals surface area contributed by atoms with Crippen LogP contribution >= 0.6 is 11.3 Å². The highest BCUT2D eigenvalue weighted by molar-refractivity contribution is 7.18. The third-order valence-corrected chi connectivity index (χ3v) is 3.94. The van der Waals surface area contributed by atoms with Gasteiger partial charge in [0.05, 0.1) is 18.1 Å². The molecule has 0 spiro atoms. The van der Waals surface area contributed by atoms with Crippen LogP contribution in [0.15, 0.2) is 6.33 Å². The summed E-state index contributed by atoms with van der Waals surface area (Å²) in [6.07, 6.45) is 1.00. The Morgan fingerprint density at radius 3 is 2.94 bits per heavy atom. The quantitative estimate of drug-likeness (QED) is 0.863.